The molecule has 2 heterocycles. The van der Waals surface area contributed by atoms with E-state index in [1.54, 1.807) is 13.0 Å². The summed E-state index contributed by atoms with van der Waals surface area (Å²) >= 11 is 0. The van der Waals surface area contributed by atoms with Crippen molar-refractivity contribution in [3.05, 3.63) is 41.3 Å². The van der Waals surface area contributed by atoms with E-state index in [4.69, 9.17) is 0 Å². The molecule has 1 fully saturated rings. The van der Waals surface area contributed by atoms with Crippen LogP contribution in [0.15, 0.2) is 24.3 Å². The Hall–Kier alpha value is -2.17. The van der Waals surface area contributed by atoms with Crippen LogP contribution >= 0.6 is 0 Å². The zero-order valence-electron chi connectivity index (χ0n) is 12.7. The zero-order chi connectivity index (χ0) is 15.4. The van der Waals surface area contributed by atoms with Gasteiger partial charge in [0.15, 0.2) is 0 Å². The van der Waals surface area contributed by atoms with Gasteiger partial charge in [-0.15, -0.1) is 0 Å². The molecule has 0 unspecified atom stereocenters. The van der Waals surface area contributed by atoms with Crippen LogP contribution < -0.4 is 0 Å². The molecule has 2 aliphatic rings. The standard InChI is InChI=1S/C17H18FN3O/c1-10(22)21-8-12-7-15-16(14(12)9-21)17(19-20(15)2)11-4-3-5-13(18)6-11/h3-6,12,14H,7-9H2,1-2H3/t12-,14+/m1/s1. The summed E-state index contributed by atoms with van der Waals surface area (Å²) in [5.41, 5.74) is 4.13. The Morgan fingerprint density at radius 3 is 2.91 bits per heavy atom. The summed E-state index contributed by atoms with van der Waals surface area (Å²) in [6.07, 6.45) is 0.947. The first-order chi connectivity index (χ1) is 10.5. The molecule has 1 aromatic carbocycles. The maximum absolute atomic E-state index is 13.6. The number of rotatable bonds is 1. The van der Waals surface area contributed by atoms with Gasteiger partial charge in [0, 0.05) is 49.8 Å². The van der Waals surface area contributed by atoms with Crippen molar-refractivity contribution in [3.8, 4) is 11.3 Å². The summed E-state index contributed by atoms with van der Waals surface area (Å²) in [7, 11) is 1.95. The van der Waals surface area contributed by atoms with Gasteiger partial charge in [0.25, 0.3) is 0 Å². The predicted octanol–water partition coefficient (Wildman–Crippen LogP) is 2.34. The first kappa shape index (κ1) is 13.5. The minimum atomic E-state index is -0.247. The molecule has 0 radical (unpaired) electrons. The minimum Gasteiger partial charge on any atom is -0.342 e. The van der Waals surface area contributed by atoms with Crippen molar-refractivity contribution < 1.29 is 9.18 Å². The molecule has 0 bridgehead atoms. The molecule has 22 heavy (non-hydrogen) atoms. The van der Waals surface area contributed by atoms with E-state index in [1.165, 1.54) is 23.4 Å². The number of hydrogen-bond acceptors (Lipinski definition) is 2. The number of nitrogens with zero attached hydrogens (tertiary/aromatic N) is 3. The van der Waals surface area contributed by atoms with Gasteiger partial charge < -0.3 is 4.90 Å². The predicted molar refractivity (Wildman–Crippen MR) is 80.8 cm³/mol. The second-order valence-corrected chi connectivity index (χ2v) is 6.34. The number of hydrogen-bond donors (Lipinski definition) is 0. The summed E-state index contributed by atoms with van der Waals surface area (Å²) in [5.74, 6) is 0.677. The first-order valence-electron chi connectivity index (χ1n) is 7.62. The molecule has 1 aliphatic carbocycles. The van der Waals surface area contributed by atoms with Crippen LogP contribution in [0.2, 0.25) is 0 Å². The summed E-state index contributed by atoms with van der Waals surface area (Å²) in [4.78, 5) is 13.6. The molecule has 0 N–H and O–H groups in total. The largest absolute Gasteiger partial charge is 0.342 e. The molecule has 1 aromatic heterocycles. The van der Waals surface area contributed by atoms with Crippen LogP contribution in [0.1, 0.15) is 24.1 Å². The molecule has 1 aliphatic heterocycles. The SMILES string of the molecule is CC(=O)N1C[C@H]2Cc3c(c(-c4cccc(F)c4)nn3C)[C@H]2C1. The van der Waals surface area contributed by atoms with Gasteiger partial charge in [-0.3, -0.25) is 9.48 Å². The molecule has 114 valence electrons. The highest BCUT2D eigenvalue weighted by Crippen LogP contribution is 2.46. The highest BCUT2D eigenvalue weighted by molar-refractivity contribution is 5.74. The van der Waals surface area contributed by atoms with Crippen molar-refractivity contribution in [2.24, 2.45) is 13.0 Å². The lowest BCUT2D eigenvalue weighted by Gasteiger charge is -2.14. The van der Waals surface area contributed by atoms with E-state index in [2.05, 4.69) is 5.10 Å². The van der Waals surface area contributed by atoms with Crippen LogP contribution in [0, 0.1) is 11.7 Å². The Kier molecular flexibility index (Phi) is 2.86. The fourth-order valence-electron chi connectivity index (χ4n) is 3.97. The molecule has 1 amide bonds. The van der Waals surface area contributed by atoms with Gasteiger partial charge in [-0.1, -0.05) is 12.1 Å². The van der Waals surface area contributed by atoms with Crippen LogP contribution in [-0.2, 0) is 18.3 Å². The van der Waals surface area contributed by atoms with E-state index in [-0.39, 0.29) is 11.7 Å². The second-order valence-electron chi connectivity index (χ2n) is 6.34. The van der Waals surface area contributed by atoms with Crippen LogP contribution in [0.5, 0.6) is 0 Å². The van der Waals surface area contributed by atoms with Gasteiger partial charge in [-0.2, -0.15) is 5.10 Å². The number of likely N-dealkylation sites (tertiary alicyclic amines) is 1. The number of halogens is 1. The average Bonchev–Trinajstić information content (AvgIpc) is 3.09. The maximum Gasteiger partial charge on any atom is 0.219 e. The molecular weight excluding hydrogens is 281 g/mol. The Morgan fingerprint density at radius 2 is 2.18 bits per heavy atom. The molecule has 4 rings (SSSR count). The fraction of sp³-hybridized carbons (Fsp3) is 0.412. The van der Waals surface area contributed by atoms with Gasteiger partial charge in [0.1, 0.15) is 5.82 Å². The number of fused-ring (bicyclic) bond motifs is 3. The Labute approximate surface area is 128 Å². The quantitative estimate of drug-likeness (QED) is 0.810. The molecule has 5 heteroatoms. The van der Waals surface area contributed by atoms with E-state index < -0.39 is 0 Å². The number of aryl methyl sites for hydroxylation is 1. The monoisotopic (exact) mass is 299 g/mol. The highest BCUT2D eigenvalue weighted by Gasteiger charge is 2.44. The smallest absolute Gasteiger partial charge is 0.219 e. The molecule has 1 saturated heterocycles. The molecule has 0 spiro atoms. The molecule has 0 saturated carbocycles. The molecule has 4 nitrogen and oxygen atoms in total. The number of carbonyl (C=O) groups excluding carboxylic acids is 1. The van der Waals surface area contributed by atoms with Gasteiger partial charge in [0.05, 0.1) is 5.69 Å². The van der Waals surface area contributed by atoms with E-state index in [0.29, 0.717) is 11.8 Å². The average molecular weight is 299 g/mol. The molecule has 2 atom stereocenters. The fourth-order valence-corrected chi connectivity index (χ4v) is 3.97. The van der Waals surface area contributed by atoms with Crippen LogP contribution in [0.25, 0.3) is 11.3 Å². The lowest BCUT2D eigenvalue weighted by molar-refractivity contribution is -0.127. The molecular formula is C17H18FN3O. The third kappa shape index (κ3) is 1.88. The second kappa shape index (κ2) is 4.66. The van der Waals surface area contributed by atoms with E-state index in [1.807, 2.05) is 22.7 Å². The normalized spacial score (nSPS) is 22.8. The number of carbonyl (C=O) groups is 1. The minimum absolute atomic E-state index is 0.132. The van der Waals surface area contributed by atoms with Gasteiger partial charge in [-0.05, 0) is 24.5 Å². The van der Waals surface area contributed by atoms with Crippen molar-refractivity contribution in [2.45, 2.75) is 19.3 Å². The van der Waals surface area contributed by atoms with Gasteiger partial charge in [-0.25, -0.2) is 4.39 Å². The number of amides is 1. The number of benzene rings is 1. The topological polar surface area (TPSA) is 38.1 Å². The van der Waals surface area contributed by atoms with Crippen LogP contribution in [0.3, 0.4) is 0 Å². The molecule has 2 aromatic rings. The van der Waals surface area contributed by atoms with Crippen LogP contribution in [-0.4, -0.2) is 33.7 Å². The van der Waals surface area contributed by atoms with E-state index in [0.717, 1.165) is 30.8 Å². The summed E-state index contributed by atoms with van der Waals surface area (Å²) < 4.78 is 15.5. The zero-order valence-corrected chi connectivity index (χ0v) is 12.7. The van der Waals surface area contributed by atoms with Crippen molar-refractivity contribution in [1.29, 1.82) is 0 Å². The Bertz CT molecular complexity index is 767. The third-order valence-corrected chi connectivity index (χ3v) is 5.02. The lowest BCUT2D eigenvalue weighted by Crippen LogP contribution is -2.26. The van der Waals surface area contributed by atoms with Crippen molar-refractivity contribution in [2.75, 3.05) is 13.1 Å². The van der Waals surface area contributed by atoms with Crippen molar-refractivity contribution >= 4 is 5.91 Å². The summed E-state index contributed by atoms with van der Waals surface area (Å²) in [5, 5.41) is 4.62. The Morgan fingerprint density at radius 1 is 1.36 bits per heavy atom. The van der Waals surface area contributed by atoms with Crippen LogP contribution in [0.4, 0.5) is 4.39 Å². The van der Waals surface area contributed by atoms with Gasteiger partial charge in [0.2, 0.25) is 5.91 Å². The number of aromatic nitrogens is 2. The Balaban J connectivity index is 1.79. The first-order valence-corrected chi connectivity index (χ1v) is 7.62. The van der Waals surface area contributed by atoms with Crippen molar-refractivity contribution in [1.82, 2.24) is 14.7 Å². The van der Waals surface area contributed by atoms with Gasteiger partial charge >= 0.3 is 0 Å². The maximum atomic E-state index is 13.6. The summed E-state index contributed by atoms with van der Waals surface area (Å²) in [6.45, 7) is 3.19. The van der Waals surface area contributed by atoms with E-state index >= 15 is 0 Å². The van der Waals surface area contributed by atoms with E-state index in [9.17, 15) is 9.18 Å². The highest BCUT2D eigenvalue weighted by atomic mass is 19.1. The third-order valence-electron chi connectivity index (χ3n) is 5.02. The lowest BCUT2D eigenvalue weighted by atomic mass is 9.94. The van der Waals surface area contributed by atoms with Crippen molar-refractivity contribution in [3.63, 3.8) is 0 Å². The summed E-state index contributed by atoms with van der Waals surface area (Å²) in [6, 6.07) is 6.60.